The van der Waals surface area contributed by atoms with Crippen LogP contribution < -0.4 is 14.3 Å². The average Bonchev–Trinajstić information content (AvgIpc) is 2.87. The highest BCUT2D eigenvalue weighted by Crippen LogP contribution is 2.29. The summed E-state index contributed by atoms with van der Waals surface area (Å²) in [6.07, 6.45) is 1.06. The highest BCUT2D eigenvalue weighted by Gasteiger charge is 2.21. The Morgan fingerprint density at radius 3 is 1.95 bits per heavy atom. The molecule has 0 saturated carbocycles. The van der Waals surface area contributed by atoms with Crippen molar-refractivity contribution in [3.05, 3.63) is 105 Å². The molecule has 3 aromatic carbocycles. The van der Waals surface area contributed by atoms with E-state index >= 15 is 0 Å². The van der Waals surface area contributed by atoms with Gasteiger partial charge in [0.1, 0.15) is 0 Å². The van der Waals surface area contributed by atoms with Gasteiger partial charge in [-0.15, -0.1) is 0 Å². The van der Waals surface area contributed by atoms with Gasteiger partial charge in [0.2, 0.25) is 16.0 Å². The number of nitrogens with one attached hydrogen (secondary N) is 2. The Balaban J connectivity index is 1.47. The molecule has 0 aliphatic carbocycles. The second kappa shape index (κ2) is 12.0. The minimum absolute atomic E-state index is 0.0345. The average molecular weight is 635 g/mol. The number of nitrogens with zero attached hydrogens (tertiary/aromatic N) is 3. The van der Waals surface area contributed by atoms with Crippen LogP contribution in [-0.2, 0) is 26.6 Å². The molecule has 41 heavy (non-hydrogen) atoms. The van der Waals surface area contributed by atoms with Crippen LogP contribution >= 0.6 is 23.2 Å². The molecule has 1 heterocycles. The number of carbonyl (C=O) groups excluding carboxylic acids is 1. The zero-order chi connectivity index (χ0) is 29.9. The van der Waals surface area contributed by atoms with E-state index in [9.17, 15) is 21.6 Å². The number of halogens is 2. The Hall–Kier alpha value is -3.71. The minimum Gasteiger partial charge on any atom is -0.322 e. The van der Waals surface area contributed by atoms with E-state index in [1.165, 1.54) is 48.5 Å². The maximum Gasteiger partial charge on any atom is 0.264 e. The summed E-state index contributed by atoms with van der Waals surface area (Å²) in [5, 5.41) is 3.35. The van der Waals surface area contributed by atoms with Crippen molar-refractivity contribution in [3.8, 4) is 0 Å². The zero-order valence-electron chi connectivity index (χ0n) is 22.1. The molecule has 0 aliphatic rings. The Labute approximate surface area is 248 Å². The van der Waals surface area contributed by atoms with Crippen molar-refractivity contribution < 1.29 is 21.6 Å². The fraction of sp³-hybridized carbons (Fsp3) is 0.148. The minimum atomic E-state index is -3.96. The van der Waals surface area contributed by atoms with E-state index in [2.05, 4.69) is 20.0 Å². The number of rotatable bonds is 9. The van der Waals surface area contributed by atoms with E-state index in [-0.39, 0.29) is 23.0 Å². The molecule has 214 valence electrons. The smallest absolute Gasteiger partial charge is 0.264 e. The fourth-order valence-corrected chi connectivity index (χ4v) is 6.21. The molecule has 0 unspecified atom stereocenters. The first-order valence-corrected chi connectivity index (χ1v) is 16.1. The summed E-state index contributed by atoms with van der Waals surface area (Å²) in [5.41, 5.74) is 2.61. The summed E-state index contributed by atoms with van der Waals surface area (Å²) in [5.74, 6) is -0.512. The van der Waals surface area contributed by atoms with Gasteiger partial charge in [-0.1, -0.05) is 29.3 Å². The summed E-state index contributed by atoms with van der Waals surface area (Å²) in [4.78, 5) is 21.0. The van der Waals surface area contributed by atoms with E-state index in [1.54, 1.807) is 38.1 Å². The van der Waals surface area contributed by atoms with Crippen molar-refractivity contribution in [2.45, 2.75) is 25.3 Å². The van der Waals surface area contributed by atoms with Gasteiger partial charge in [-0.05, 0) is 80.6 Å². The van der Waals surface area contributed by atoms with Crippen LogP contribution in [0.2, 0.25) is 10.0 Å². The van der Waals surface area contributed by atoms with Crippen molar-refractivity contribution in [2.24, 2.45) is 0 Å². The summed E-state index contributed by atoms with van der Waals surface area (Å²) in [7, 11) is -7.67. The van der Waals surface area contributed by atoms with Crippen LogP contribution in [0, 0.1) is 13.8 Å². The number of aromatic nitrogens is 2. The molecule has 0 atom stereocenters. The van der Waals surface area contributed by atoms with E-state index < -0.39 is 26.0 Å². The van der Waals surface area contributed by atoms with Crippen molar-refractivity contribution in [1.82, 2.24) is 9.97 Å². The van der Waals surface area contributed by atoms with Crippen LogP contribution in [0.4, 0.5) is 17.3 Å². The molecular formula is C27H25Cl2N5O5S2. The van der Waals surface area contributed by atoms with Gasteiger partial charge >= 0.3 is 0 Å². The third kappa shape index (κ3) is 7.53. The highest BCUT2D eigenvalue weighted by atomic mass is 35.5. The third-order valence-corrected chi connectivity index (χ3v) is 9.00. The van der Waals surface area contributed by atoms with E-state index in [0.29, 0.717) is 38.4 Å². The molecule has 0 radical (unpaired) electrons. The molecule has 0 bridgehead atoms. The molecule has 0 saturated heterocycles. The lowest BCUT2D eigenvalue weighted by molar-refractivity contribution is 0.102. The summed E-state index contributed by atoms with van der Waals surface area (Å²) < 4.78 is 54.1. The van der Waals surface area contributed by atoms with Crippen LogP contribution in [0.3, 0.4) is 0 Å². The predicted octanol–water partition coefficient (Wildman–Crippen LogP) is 5.42. The standard InChI is InChI=1S/C27H25Cl2N5O5S2/c1-17-15-18(2)31-27(30-17)33-41(38,39)22-13-9-20(10-14-22)32-26(35)19-7-11-21(12-8-19)34(40(3,36)37)16-23-24(28)5-4-6-25(23)29/h4-15H,16H2,1-3H3,(H,32,35)(H,30,31,33). The zero-order valence-corrected chi connectivity index (χ0v) is 25.2. The molecule has 4 rings (SSSR count). The largest absolute Gasteiger partial charge is 0.322 e. The number of amides is 1. The Bertz CT molecular complexity index is 1780. The number of carbonyl (C=O) groups is 1. The first-order valence-electron chi connectivity index (χ1n) is 12.0. The number of hydrogen-bond acceptors (Lipinski definition) is 7. The van der Waals surface area contributed by atoms with Crippen LogP contribution in [0.1, 0.15) is 27.3 Å². The van der Waals surface area contributed by atoms with Crippen molar-refractivity contribution in [2.75, 3.05) is 20.6 Å². The van der Waals surface area contributed by atoms with Crippen LogP contribution in [0.25, 0.3) is 0 Å². The molecular weight excluding hydrogens is 609 g/mol. The van der Waals surface area contributed by atoms with Gasteiger partial charge in [-0.2, -0.15) is 0 Å². The Morgan fingerprint density at radius 2 is 1.41 bits per heavy atom. The number of anilines is 3. The number of sulfonamides is 2. The summed E-state index contributed by atoms with van der Waals surface area (Å²) in [6, 6.07) is 18.1. The van der Waals surface area contributed by atoms with E-state index in [4.69, 9.17) is 23.2 Å². The van der Waals surface area contributed by atoms with Gasteiger partial charge in [0.15, 0.2) is 0 Å². The normalized spacial score (nSPS) is 11.6. The van der Waals surface area contributed by atoms with Crippen LogP contribution in [0.15, 0.2) is 77.7 Å². The van der Waals surface area contributed by atoms with Crippen molar-refractivity contribution >= 4 is 66.5 Å². The molecule has 2 N–H and O–H groups in total. The number of aryl methyl sites for hydroxylation is 2. The second-order valence-corrected chi connectivity index (χ2v) is 13.5. The second-order valence-electron chi connectivity index (χ2n) is 9.08. The molecule has 1 amide bonds. The maximum absolute atomic E-state index is 12.8. The predicted molar refractivity (Wildman–Crippen MR) is 161 cm³/mol. The first kappa shape index (κ1) is 30.3. The van der Waals surface area contributed by atoms with Gasteiger partial charge < -0.3 is 5.32 Å². The van der Waals surface area contributed by atoms with E-state index in [1.807, 2.05) is 0 Å². The molecule has 10 nitrogen and oxygen atoms in total. The SMILES string of the molecule is Cc1cc(C)nc(NS(=O)(=O)c2ccc(NC(=O)c3ccc(N(Cc4c(Cl)cccc4Cl)S(C)(=O)=O)cc3)cc2)n1. The van der Waals surface area contributed by atoms with Crippen molar-refractivity contribution in [1.29, 1.82) is 0 Å². The lowest BCUT2D eigenvalue weighted by atomic mass is 10.1. The quantitative estimate of drug-likeness (QED) is 0.251. The number of hydrogen-bond donors (Lipinski definition) is 2. The van der Waals surface area contributed by atoms with Gasteiger partial charge in [0.25, 0.3) is 15.9 Å². The Morgan fingerprint density at radius 1 is 0.854 bits per heavy atom. The third-order valence-electron chi connectivity index (χ3n) is 5.81. The molecule has 0 fully saturated rings. The maximum atomic E-state index is 12.8. The van der Waals surface area contributed by atoms with Crippen LogP contribution in [0.5, 0.6) is 0 Å². The van der Waals surface area contributed by atoms with Crippen molar-refractivity contribution in [3.63, 3.8) is 0 Å². The molecule has 4 aromatic rings. The van der Waals surface area contributed by atoms with Gasteiger partial charge in [-0.25, -0.2) is 31.5 Å². The van der Waals surface area contributed by atoms with Gasteiger partial charge in [-0.3, -0.25) is 9.10 Å². The molecule has 1 aromatic heterocycles. The molecule has 0 aliphatic heterocycles. The summed E-state index contributed by atoms with van der Waals surface area (Å²) in [6.45, 7) is 3.37. The lowest BCUT2D eigenvalue weighted by Gasteiger charge is -2.23. The highest BCUT2D eigenvalue weighted by molar-refractivity contribution is 7.92. The number of benzene rings is 3. The van der Waals surface area contributed by atoms with Gasteiger partial charge in [0, 0.05) is 38.2 Å². The van der Waals surface area contributed by atoms with E-state index in [0.717, 1.165) is 10.6 Å². The molecule has 0 spiro atoms. The topological polar surface area (TPSA) is 138 Å². The van der Waals surface area contributed by atoms with Gasteiger partial charge in [0.05, 0.1) is 23.4 Å². The monoisotopic (exact) mass is 633 g/mol. The fourth-order valence-electron chi connectivity index (χ4n) is 3.88. The summed E-state index contributed by atoms with van der Waals surface area (Å²) >= 11 is 12.5. The van der Waals surface area contributed by atoms with Crippen LogP contribution in [-0.4, -0.2) is 39.0 Å². The molecule has 14 heteroatoms. The first-order chi connectivity index (χ1) is 19.2. The lowest BCUT2D eigenvalue weighted by Crippen LogP contribution is -2.29. The Kier molecular flexibility index (Phi) is 8.88.